The number of hydrogen-bond donors (Lipinski definition) is 3. The third-order valence-corrected chi connectivity index (χ3v) is 8.91. The lowest BCUT2D eigenvalue weighted by Gasteiger charge is -2.32. The van der Waals surface area contributed by atoms with Gasteiger partial charge in [0.2, 0.25) is 0 Å². The summed E-state index contributed by atoms with van der Waals surface area (Å²) in [7, 11) is 0. The molecule has 3 N–H and O–H groups in total. The minimum atomic E-state index is -0.462. The van der Waals surface area contributed by atoms with E-state index in [-0.39, 0.29) is 30.6 Å². The highest BCUT2D eigenvalue weighted by molar-refractivity contribution is 5.81. The first-order valence-corrected chi connectivity index (χ1v) is 19.7. The molecule has 0 rings (SSSR count). The molecule has 54 heavy (non-hydrogen) atoms. The number of ketones is 2. The predicted molar refractivity (Wildman–Crippen MR) is 215 cm³/mol. The highest BCUT2D eigenvalue weighted by atomic mass is 16.5. The van der Waals surface area contributed by atoms with E-state index in [0.29, 0.717) is 116 Å². The molecule has 0 aliphatic heterocycles. The third-order valence-electron chi connectivity index (χ3n) is 8.91. The molecule has 0 aliphatic carbocycles. The second-order valence-corrected chi connectivity index (χ2v) is 13.2. The topological polar surface area (TPSA) is 151 Å². The summed E-state index contributed by atoms with van der Waals surface area (Å²) >= 11 is 0. The molecule has 0 heterocycles. The Morgan fingerprint density at radius 1 is 0.537 bits per heavy atom. The van der Waals surface area contributed by atoms with Crippen LogP contribution in [0.4, 0.5) is 0 Å². The number of hydrogen-bond acceptors (Lipinski definition) is 12. The zero-order valence-electron chi connectivity index (χ0n) is 33.3. The molecular weight excluding hydrogens is 690 g/mol. The van der Waals surface area contributed by atoms with Crippen LogP contribution in [0.15, 0.2) is 62.6 Å². The van der Waals surface area contributed by atoms with E-state index in [1.165, 1.54) is 0 Å². The van der Waals surface area contributed by atoms with E-state index in [0.717, 1.165) is 57.7 Å². The van der Waals surface area contributed by atoms with Gasteiger partial charge in [0.1, 0.15) is 29.7 Å². The van der Waals surface area contributed by atoms with Gasteiger partial charge in [0.05, 0.1) is 39.5 Å². The van der Waals surface area contributed by atoms with Gasteiger partial charge in [-0.25, -0.2) is 4.79 Å². The average Bonchev–Trinajstić information content (AvgIpc) is 3.18. The number of carbonyl (C=O) groups is 4. The summed E-state index contributed by atoms with van der Waals surface area (Å²) in [6.07, 6.45) is 13.3. The standard InChI is InChI=1S/C42H71N3O9/c1-7-36(5)51-30-15-11-13-24-43-26-19-38(46)17-22-42(10-4,23-18-39(47)20-27-45-29-32-50-33-34-52-37(6)8-2)35-54-41(49)21-28-44-25-14-12-16-31-53-40(48)9-3/h7-9,43-45H,1-3,5-6,10-35H2,4H3. The summed E-state index contributed by atoms with van der Waals surface area (Å²) in [6.45, 7) is 26.4. The van der Waals surface area contributed by atoms with E-state index in [2.05, 4.69) is 48.8 Å². The first-order valence-electron chi connectivity index (χ1n) is 19.7. The van der Waals surface area contributed by atoms with Crippen LogP contribution in [0, 0.1) is 5.41 Å². The maximum atomic E-state index is 12.9. The zero-order chi connectivity index (χ0) is 40.1. The van der Waals surface area contributed by atoms with Crippen molar-refractivity contribution in [3.05, 3.63) is 62.6 Å². The lowest BCUT2D eigenvalue weighted by Crippen LogP contribution is -2.31. The van der Waals surface area contributed by atoms with Crippen LogP contribution in [-0.4, -0.2) is 102 Å². The molecule has 0 aliphatic rings. The van der Waals surface area contributed by atoms with Gasteiger partial charge in [0.25, 0.3) is 0 Å². The Balaban J connectivity index is 4.70. The Bertz CT molecular complexity index is 977. The maximum Gasteiger partial charge on any atom is 0.330 e. The van der Waals surface area contributed by atoms with E-state index in [1.807, 2.05) is 6.92 Å². The summed E-state index contributed by atoms with van der Waals surface area (Å²) in [4.78, 5) is 49.6. The van der Waals surface area contributed by atoms with Crippen LogP contribution in [0.3, 0.4) is 0 Å². The van der Waals surface area contributed by atoms with Crippen molar-refractivity contribution in [2.75, 3.05) is 78.9 Å². The van der Waals surface area contributed by atoms with Crippen molar-refractivity contribution in [2.45, 2.75) is 96.8 Å². The number of Topliss-reactive ketones (excluding diaryl/α,β-unsaturated/α-hetero) is 2. The van der Waals surface area contributed by atoms with Gasteiger partial charge in [-0.2, -0.15) is 0 Å². The minimum Gasteiger partial charge on any atom is -0.494 e. The quantitative estimate of drug-likeness (QED) is 0.0218. The Kier molecular flexibility index (Phi) is 32.8. The molecule has 0 aromatic heterocycles. The van der Waals surface area contributed by atoms with E-state index in [1.54, 1.807) is 12.2 Å². The van der Waals surface area contributed by atoms with Gasteiger partial charge in [0, 0.05) is 63.4 Å². The lowest BCUT2D eigenvalue weighted by atomic mass is 9.76. The molecular formula is C42H71N3O9. The number of ether oxygens (including phenoxy) is 5. The lowest BCUT2D eigenvalue weighted by molar-refractivity contribution is -0.148. The van der Waals surface area contributed by atoms with Crippen molar-refractivity contribution in [1.29, 1.82) is 0 Å². The molecule has 0 fully saturated rings. The Hall–Kier alpha value is -3.58. The number of nitrogens with one attached hydrogen (secondary N) is 3. The molecule has 0 spiro atoms. The van der Waals surface area contributed by atoms with Crippen LogP contribution < -0.4 is 16.0 Å². The molecule has 308 valence electrons. The van der Waals surface area contributed by atoms with Gasteiger partial charge < -0.3 is 39.6 Å². The van der Waals surface area contributed by atoms with E-state index in [4.69, 9.17) is 23.7 Å². The number of allylic oxidation sites excluding steroid dienone is 2. The molecule has 0 radical (unpaired) electrons. The van der Waals surface area contributed by atoms with Crippen molar-refractivity contribution in [1.82, 2.24) is 16.0 Å². The number of carbonyl (C=O) groups excluding carboxylic acids is 4. The van der Waals surface area contributed by atoms with Gasteiger partial charge in [-0.05, 0) is 83.0 Å². The number of esters is 2. The highest BCUT2D eigenvalue weighted by Crippen LogP contribution is 2.35. The normalized spacial score (nSPS) is 11.9. The molecule has 1 atom stereocenters. The molecule has 0 aromatic rings. The van der Waals surface area contributed by atoms with Crippen LogP contribution in [-0.2, 0) is 42.9 Å². The minimum absolute atomic E-state index is 0.125. The second kappa shape index (κ2) is 35.1. The van der Waals surface area contributed by atoms with Crippen LogP contribution in [0.5, 0.6) is 0 Å². The van der Waals surface area contributed by atoms with E-state index in [9.17, 15) is 19.2 Å². The largest absolute Gasteiger partial charge is 0.494 e. The molecule has 0 bridgehead atoms. The fraction of sp³-hybridized carbons (Fsp3) is 0.667. The summed E-state index contributed by atoms with van der Waals surface area (Å²) < 4.78 is 27.0. The first kappa shape index (κ1) is 50.4. The van der Waals surface area contributed by atoms with Gasteiger partial charge in [-0.15, -0.1) is 0 Å². The first-order chi connectivity index (χ1) is 26.1. The SMILES string of the molecule is C=CC(=C)OCCCCCNCCC(=O)CCC(CC)(CCC(=O)CCNCCOCCOC(=C)C=C)COC(=O)CCNCCCCCOC(=O)C=C. The van der Waals surface area contributed by atoms with E-state index < -0.39 is 11.4 Å². The zero-order valence-corrected chi connectivity index (χ0v) is 33.3. The van der Waals surface area contributed by atoms with Gasteiger partial charge in [-0.1, -0.05) is 39.8 Å². The molecule has 0 saturated carbocycles. The third kappa shape index (κ3) is 30.8. The smallest absolute Gasteiger partial charge is 0.330 e. The summed E-state index contributed by atoms with van der Waals surface area (Å²) in [5.74, 6) is 0.653. The summed E-state index contributed by atoms with van der Waals surface area (Å²) in [5, 5.41) is 9.84. The number of unbranched alkanes of at least 4 members (excludes halogenated alkanes) is 4. The van der Waals surface area contributed by atoms with Crippen LogP contribution >= 0.6 is 0 Å². The van der Waals surface area contributed by atoms with Crippen molar-refractivity contribution >= 4 is 23.5 Å². The van der Waals surface area contributed by atoms with Crippen molar-refractivity contribution in [3.8, 4) is 0 Å². The number of rotatable bonds is 41. The Morgan fingerprint density at radius 3 is 1.59 bits per heavy atom. The van der Waals surface area contributed by atoms with Crippen molar-refractivity contribution in [3.63, 3.8) is 0 Å². The van der Waals surface area contributed by atoms with Gasteiger partial charge in [0.15, 0.2) is 0 Å². The molecule has 12 heteroatoms. The molecule has 0 aromatic carbocycles. The molecule has 12 nitrogen and oxygen atoms in total. The Morgan fingerprint density at radius 2 is 1.06 bits per heavy atom. The van der Waals surface area contributed by atoms with Gasteiger partial charge >= 0.3 is 11.9 Å². The predicted octanol–water partition coefficient (Wildman–Crippen LogP) is 6.08. The van der Waals surface area contributed by atoms with Gasteiger partial charge in [-0.3, -0.25) is 14.4 Å². The maximum absolute atomic E-state index is 12.9. The molecule has 0 amide bonds. The van der Waals surface area contributed by atoms with Crippen LogP contribution in [0.25, 0.3) is 0 Å². The fourth-order valence-electron chi connectivity index (χ4n) is 5.20. The van der Waals surface area contributed by atoms with Crippen LogP contribution in [0.2, 0.25) is 0 Å². The van der Waals surface area contributed by atoms with Crippen molar-refractivity contribution in [2.24, 2.45) is 5.41 Å². The summed E-state index contributed by atoms with van der Waals surface area (Å²) in [6, 6.07) is 0. The van der Waals surface area contributed by atoms with E-state index >= 15 is 0 Å². The fourth-order valence-corrected chi connectivity index (χ4v) is 5.20. The molecule has 0 saturated heterocycles. The van der Waals surface area contributed by atoms with Crippen molar-refractivity contribution < 1.29 is 42.9 Å². The molecule has 1 unspecified atom stereocenters. The summed E-state index contributed by atoms with van der Waals surface area (Å²) in [5.41, 5.74) is -0.462. The Labute approximate surface area is 325 Å². The second-order valence-electron chi connectivity index (χ2n) is 13.2. The van der Waals surface area contributed by atoms with Crippen LogP contribution in [0.1, 0.15) is 96.8 Å². The highest BCUT2D eigenvalue weighted by Gasteiger charge is 2.31. The average molecular weight is 762 g/mol. The monoisotopic (exact) mass is 762 g/mol.